The molecule has 0 saturated heterocycles. The smallest absolute Gasteiger partial charge is 0.337 e. The average molecular weight is 335 g/mol. The summed E-state index contributed by atoms with van der Waals surface area (Å²) in [5, 5.41) is 12.7. The molecule has 0 aromatic heterocycles. The van der Waals surface area contributed by atoms with Gasteiger partial charge in [0.1, 0.15) is 5.75 Å². The molecule has 1 aromatic rings. The summed E-state index contributed by atoms with van der Waals surface area (Å²) in [6.45, 7) is 0. The fourth-order valence-corrected chi connectivity index (χ4v) is 2.93. The van der Waals surface area contributed by atoms with E-state index in [2.05, 4.69) is 10.1 Å². The average Bonchev–Trinajstić information content (AvgIpc) is 2.60. The number of hydrogen-bond donors (Lipinski definition) is 2. The van der Waals surface area contributed by atoms with E-state index in [-0.39, 0.29) is 34.8 Å². The van der Waals surface area contributed by atoms with Crippen LogP contribution in [0, 0.1) is 5.92 Å². The zero-order valence-electron chi connectivity index (χ0n) is 13.7. The summed E-state index contributed by atoms with van der Waals surface area (Å²) >= 11 is 0. The van der Waals surface area contributed by atoms with Crippen molar-refractivity contribution in [2.45, 2.75) is 31.7 Å². The van der Waals surface area contributed by atoms with Crippen molar-refractivity contribution in [3.63, 3.8) is 0 Å². The van der Waals surface area contributed by atoms with Crippen LogP contribution in [0.5, 0.6) is 5.75 Å². The van der Waals surface area contributed by atoms with Crippen LogP contribution < -0.4 is 5.32 Å². The molecule has 0 bridgehead atoms. The fraction of sp³-hybridized carbons (Fsp3) is 0.471. The first kappa shape index (κ1) is 17.8. The van der Waals surface area contributed by atoms with Crippen molar-refractivity contribution in [1.29, 1.82) is 0 Å². The number of amides is 1. The minimum absolute atomic E-state index is 0.00177. The van der Waals surface area contributed by atoms with Crippen LogP contribution >= 0.6 is 0 Å². The zero-order valence-corrected chi connectivity index (χ0v) is 13.7. The molecule has 1 saturated carbocycles. The third-order valence-electron chi connectivity index (χ3n) is 4.21. The lowest BCUT2D eigenvalue weighted by atomic mass is 9.85. The maximum absolute atomic E-state index is 12.4. The Hall–Kier alpha value is -2.57. The number of nitrogens with one attached hydrogen (secondary N) is 1. The standard InChI is InChI=1S/C17H21NO6/c1-23-16(21)10-4-3-5-12(8-10)18-15(20)13-9-11(17(22)24-2)6-7-14(13)19/h6-7,9-10,12,19H,3-5,8H2,1-2H3,(H,18,20)/t10-,12-/m0/s1. The molecule has 24 heavy (non-hydrogen) atoms. The number of methoxy groups -OCH3 is 2. The van der Waals surface area contributed by atoms with Crippen molar-refractivity contribution in [2.75, 3.05) is 14.2 Å². The topological polar surface area (TPSA) is 102 Å². The quantitative estimate of drug-likeness (QED) is 0.811. The Morgan fingerprint density at radius 2 is 1.92 bits per heavy atom. The van der Waals surface area contributed by atoms with Crippen molar-refractivity contribution in [2.24, 2.45) is 5.92 Å². The molecule has 1 amide bonds. The largest absolute Gasteiger partial charge is 0.507 e. The number of carbonyl (C=O) groups is 3. The summed E-state index contributed by atoms with van der Waals surface area (Å²) in [4.78, 5) is 35.6. The van der Waals surface area contributed by atoms with E-state index in [4.69, 9.17) is 4.74 Å². The highest BCUT2D eigenvalue weighted by molar-refractivity contribution is 6.00. The third kappa shape index (κ3) is 4.04. The van der Waals surface area contributed by atoms with E-state index >= 15 is 0 Å². The molecule has 1 aromatic carbocycles. The molecule has 2 N–H and O–H groups in total. The van der Waals surface area contributed by atoms with Gasteiger partial charge in [0.2, 0.25) is 0 Å². The summed E-state index contributed by atoms with van der Waals surface area (Å²) in [7, 11) is 2.59. The number of carbonyl (C=O) groups excluding carboxylic acids is 3. The highest BCUT2D eigenvalue weighted by Gasteiger charge is 2.29. The van der Waals surface area contributed by atoms with Gasteiger partial charge in [-0.25, -0.2) is 4.79 Å². The Labute approximate surface area is 139 Å². The fourth-order valence-electron chi connectivity index (χ4n) is 2.93. The normalized spacial score (nSPS) is 20.1. The number of phenols is 1. The molecule has 7 nitrogen and oxygen atoms in total. The lowest BCUT2D eigenvalue weighted by Crippen LogP contribution is -2.40. The molecular formula is C17H21NO6. The number of benzene rings is 1. The van der Waals surface area contributed by atoms with Crippen LogP contribution in [0.3, 0.4) is 0 Å². The minimum atomic E-state index is -0.590. The van der Waals surface area contributed by atoms with Crippen LogP contribution in [-0.4, -0.2) is 43.2 Å². The summed E-state index contributed by atoms with van der Waals surface area (Å²) in [5.74, 6) is -1.81. The SMILES string of the molecule is COC(=O)c1ccc(O)c(C(=O)N[C@H]2CCC[C@H](C(=O)OC)C2)c1. The Balaban J connectivity index is 2.09. The first-order chi connectivity index (χ1) is 11.5. The van der Waals surface area contributed by atoms with Crippen LogP contribution in [0.15, 0.2) is 18.2 Å². The summed E-state index contributed by atoms with van der Waals surface area (Å²) in [6.07, 6.45) is 2.79. The van der Waals surface area contributed by atoms with Gasteiger partial charge in [-0.2, -0.15) is 0 Å². The van der Waals surface area contributed by atoms with Crippen molar-refractivity contribution in [3.05, 3.63) is 29.3 Å². The summed E-state index contributed by atoms with van der Waals surface area (Å²) < 4.78 is 9.37. The highest BCUT2D eigenvalue weighted by atomic mass is 16.5. The molecular weight excluding hydrogens is 314 g/mol. The van der Waals surface area contributed by atoms with Gasteiger partial charge in [-0.15, -0.1) is 0 Å². The van der Waals surface area contributed by atoms with Crippen LogP contribution in [0.25, 0.3) is 0 Å². The highest BCUT2D eigenvalue weighted by Crippen LogP contribution is 2.26. The Kier molecular flexibility index (Phi) is 5.78. The second kappa shape index (κ2) is 7.81. The second-order valence-corrected chi connectivity index (χ2v) is 5.78. The molecule has 2 atom stereocenters. The summed E-state index contributed by atoms with van der Waals surface area (Å²) in [6, 6.07) is 3.76. The van der Waals surface area contributed by atoms with Crippen LogP contribution in [0.1, 0.15) is 46.4 Å². The van der Waals surface area contributed by atoms with Crippen molar-refractivity contribution in [3.8, 4) is 5.75 Å². The predicted molar refractivity (Wildman–Crippen MR) is 84.7 cm³/mol. The van der Waals surface area contributed by atoms with Gasteiger partial charge in [-0.3, -0.25) is 9.59 Å². The van der Waals surface area contributed by atoms with E-state index in [1.807, 2.05) is 0 Å². The Morgan fingerprint density at radius 3 is 2.58 bits per heavy atom. The lowest BCUT2D eigenvalue weighted by Gasteiger charge is -2.28. The van der Waals surface area contributed by atoms with Crippen LogP contribution in [0.4, 0.5) is 0 Å². The van der Waals surface area contributed by atoms with E-state index in [9.17, 15) is 19.5 Å². The second-order valence-electron chi connectivity index (χ2n) is 5.78. The molecule has 1 aliphatic rings. The van der Waals surface area contributed by atoms with Gasteiger partial charge in [-0.1, -0.05) is 6.42 Å². The van der Waals surface area contributed by atoms with E-state index < -0.39 is 11.9 Å². The number of esters is 2. The lowest BCUT2D eigenvalue weighted by molar-refractivity contribution is -0.146. The number of rotatable bonds is 4. The van der Waals surface area contributed by atoms with Gasteiger partial charge in [0.15, 0.2) is 0 Å². The molecule has 0 radical (unpaired) electrons. The molecule has 7 heteroatoms. The first-order valence-corrected chi connectivity index (χ1v) is 7.76. The minimum Gasteiger partial charge on any atom is -0.507 e. The van der Waals surface area contributed by atoms with Crippen molar-refractivity contribution < 1.29 is 29.0 Å². The molecule has 0 spiro atoms. The van der Waals surface area contributed by atoms with Gasteiger partial charge in [-0.05, 0) is 37.5 Å². The maximum atomic E-state index is 12.4. The van der Waals surface area contributed by atoms with Gasteiger partial charge in [0, 0.05) is 6.04 Å². The predicted octanol–water partition coefficient (Wildman–Crippen LogP) is 1.64. The molecule has 0 heterocycles. The molecule has 2 rings (SSSR count). The molecule has 1 aliphatic carbocycles. The summed E-state index contributed by atoms with van der Waals surface area (Å²) in [5.41, 5.74) is 0.176. The van der Waals surface area contributed by atoms with Gasteiger partial charge in [0.25, 0.3) is 5.91 Å². The van der Waals surface area contributed by atoms with Gasteiger partial charge < -0.3 is 19.9 Å². The number of hydrogen-bond acceptors (Lipinski definition) is 6. The van der Waals surface area contributed by atoms with Crippen molar-refractivity contribution >= 4 is 17.8 Å². The molecule has 0 unspecified atom stereocenters. The Morgan fingerprint density at radius 1 is 1.17 bits per heavy atom. The van der Waals surface area contributed by atoms with Gasteiger partial charge >= 0.3 is 11.9 Å². The number of aromatic hydroxyl groups is 1. The first-order valence-electron chi connectivity index (χ1n) is 7.76. The van der Waals surface area contributed by atoms with E-state index in [1.165, 1.54) is 32.4 Å². The van der Waals surface area contributed by atoms with E-state index in [0.717, 1.165) is 19.3 Å². The number of ether oxygens (including phenoxy) is 2. The van der Waals surface area contributed by atoms with Crippen LogP contribution in [-0.2, 0) is 14.3 Å². The molecule has 0 aliphatic heterocycles. The molecule has 1 fully saturated rings. The Bertz CT molecular complexity index is 642. The number of phenolic OH excluding ortho intramolecular Hbond substituents is 1. The molecule has 130 valence electrons. The third-order valence-corrected chi connectivity index (χ3v) is 4.21. The van der Waals surface area contributed by atoms with Crippen molar-refractivity contribution in [1.82, 2.24) is 5.32 Å². The zero-order chi connectivity index (χ0) is 17.7. The van der Waals surface area contributed by atoms with E-state index in [0.29, 0.717) is 6.42 Å². The maximum Gasteiger partial charge on any atom is 0.337 e. The van der Waals surface area contributed by atoms with E-state index in [1.54, 1.807) is 0 Å². The monoisotopic (exact) mass is 335 g/mol. The van der Waals surface area contributed by atoms with Crippen LogP contribution in [0.2, 0.25) is 0 Å². The van der Waals surface area contributed by atoms with Gasteiger partial charge in [0.05, 0.1) is 31.3 Å².